The summed E-state index contributed by atoms with van der Waals surface area (Å²) in [6, 6.07) is 11.6. The van der Waals surface area contributed by atoms with E-state index < -0.39 is 10.0 Å². The number of likely N-dealkylation sites (tertiary alicyclic amines) is 1. The van der Waals surface area contributed by atoms with Gasteiger partial charge in [0.25, 0.3) is 0 Å². The molecule has 0 unspecified atom stereocenters. The Kier molecular flexibility index (Phi) is 7.56. The second-order valence-electron chi connectivity index (χ2n) is 10.1. The van der Waals surface area contributed by atoms with Crippen LogP contribution in [0.1, 0.15) is 43.9 Å². The number of sulfonamides is 1. The van der Waals surface area contributed by atoms with Gasteiger partial charge in [0.2, 0.25) is 10.0 Å². The molecule has 10 heteroatoms. The predicted molar refractivity (Wildman–Crippen MR) is 148 cm³/mol. The lowest BCUT2D eigenvalue weighted by Gasteiger charge is -2.18. The van der Waals surface area contributed by atoms with E-state index in [1.165, 1.54) is 5.56 Å². The molecule has 198 valence electrons. The van der Waals surface area contributed by atoms with Crippen molar-refractivity contribution in [2.45, 2.75) is 51.4 Å². The van der Waals surface area contributed by atoms with Crippen molar-refractivity contribution < 1.29 is 18.3 Å². The maximum Gasteiger partial charge on any atom is 0.213 e. The Morgan fingerprint density at radius 2 is 2.11 bits per heavy atom. The van der Waals surface area contributed by atoms with Gasteiger partial charge in [-0.3, -0.25) is 4.90 Å². The van der Waals surface area contributed by atoms with E-state index in [2.05, 4.69) is 15.8 Å². The molecule has 1 saturated heterocycles. The molecule has 0 radical (unpaired) electrons. The topological polar surface area (TPSA) is 118 Å². The minimum Gasteiger partial charge on any atom is -0.489 e. The quantitative estimate of drug-likeness (QED) is 0.352. The van der Waals surface area contributed by atoms with Crippen LogP contribution in [-0.2, 0) is 16.4 Å². The second-order valence-corrected chi connectivity index (χ2v) is 13.0. The van der Waals surface area contributed by atoms with Crippen LogP contribution in [0.15, 0.2) is 42.6 Å². The summed E-state index contributed by atoms with van der Waals surface area (Å²) in [6.07, 6.45) is 3.82. The first-order chi connectivity index (χ1) is 17.7. The third-order valence-corrected chi connectivity index (χ3v) is 9.35. The number of benzene rings is 2. The van der Waals surface area contributed by atoms with Crippen LogP contribution in [0.3, 0.4) is 0 Å². The number of β-amino-alcohol motifs (C(OH)–C–C–N with tert-alkyl or cyclic N) is 1. The van der Waals surface area contributed by atoms with Crippen LogP contribution in [0.2, 0.25) is 0 Å². The summed E-state index contributed by atoms with van der Waals surface area (Å²) < 4.78 is 34.3. The maximum absolute atomic E-state index is 12.8. The molecule has 1 aliphatic heterocycles. The highest BCUT2D eigenvalue weighted by molar-refractivity contribution is 7.89. The van der Waals surface area contributed by atoms with Gasteiger partial charge in [-0.1, -0.05) is 18.2 Å². The van der Waals surface area contributed by atoms with E-state index in [1.807, 2.05) is 55.3 Å². The van der Waals surface area contributed by atoms with Crippen LogP contribution in [0, 0.1) is 0 Å². The molecule has 1 aliphatic carbocycles. The third-order valence-electron chi connectivity index (χ3n) is 6.91. The number of thiazole rings is 1. The normalized spacial score (nSPS) is 20.0. The van der Waals surface area contributed by atoms with Crippen LogP contribution in [0.25, 0.3) is 21.0 Å². The van der Waals surface area contributed by atoms with Gasteiger partial charge in [0.1, 0.15) is 10.8 Å². The number of aliphatic hydroxyl groups excluding tert-OH is 1. The number of rotatable bonds is 9. The fourth-order valence-corrected chi connectivity index (χ4v) is 7.38. The highest BCUT2D eigenvalue weighted by Gasteiger charge is 2.30. The van der Waals surface area contributed by atoms with Crippen LogP contribution in [0.4, 0.5) is 5.69 Å². The summed E-state index contributed by atoms with van der Waals surface area (Å²) in [6.45, 7) is 5.66. The molecule has 2 atom stereocenters. The van der Waals surface area contributed by atoms with E-state index in [1.54, 1.807) is 11.3 Å². The van der Waals surface area contributed by atoms with E-state index in [9.17, 15) is 13.5 Å². The lowest BCUT2D eigenvalue weighted by molar-refractivity contribution is 0.178. The van der Waals surface area contributed by atoms with Gasteiger partial charge in [0, 0.05) is 37.4 Å². The van der Waals surface area contributed by atoms with Gasteiger partial charge in [-0.05, 0) is 68.0 Å². The average Bonchev–Trinajstić information content (AvgIpc) is 3.59. The van der Waals surface area contributed by atoms with E-state index in [0.29, 0.717) is 30.9 Å². The van der Waals surface area contributed by atoms with E-state index >= 15 is 0 Å². The zero-order valence-electron chi connectivity index (χ0n) is 21.2. The van der Waals surface area contributed by atoms with E-state index in [4.69, 9.17) is 10.5 Å². The first kappa shape index (κ1) is 26.1. The zero-order valence-corrected chi connectivity index (χ0v) is 22.8. The summed E-state index contributed by atoms with van der Waals surface area (Å²) in [7, 11) is -3.44. The Bertz CT molecular complexity index is 1370. The molecule has 3 aromatic rings. The van der Waals surface area contributed by atoms with Crippen molar-refractivity contribution in [2.24, 2.45) is 0 Å². The van der Waals surface area contributed by atoms with Crippen molar-refractivity contribution >= 4 is 27.0 Å². The molecule has 0 spiro atoms. The molecule has 0 saturated carbocycles. The van der Waals surface area contributed by atoms with Crippen molar-refractivity contribution in [3.05, 3.63) is 53.7 Å². The van der Waals surface area contributed by atoms with Gasteiger partial charge in [-0.15, -0.1) is 11.3 Å². The number of aliphatic hydroxyl groups is 1. The first-order valence-corrected chi connectivity index (χ1v) is 15.2. The Balaban J connectivity index is 1.31. The van der Waals surface area contributed by atoms with Gasteiger partial charge in [-0.25, -0.2) is 18.1 Å². The van der Waals surface area contributed by atoms with Gasteiger partial charge in [0.05, 0.1) is 28.5 Å². The molecule has 2 aromatic carbocycles. The molecule has 37 heavy (non-hydrogen) atoms. The van der Waals surface area contributed by atoms with Crippen molar-refractivity contribution in [3.63, 3.8) is 0 Å². The van der Waals surface area contributed by atoms with Crippen molar-refractivity contribution in [1.82, 2.24) is 14.6 Å². The SMILES string of the molecule is CC(C)Oc1ccc(-c2ncc(-c3cccc4c3CC[C@@H]4NS(=O)(=O)CCN3CC[C@H](O)C3)s2)cc1N. The molecule has 5 rings (SSSR count). The fourth-order valence-electron chi connectivity index (χ4n) is 5.12. The minimum absolute atomic E-state index is 0.0353. The van der Waals surface area contributed by atoms with Crippen LogP contribution in [0.5, 0.6) is 5.75 Å². The molecular formula is C27H34N4O4S2. The number of ether oxygens (including phenoxy) is 1. The van der Waals surface area contributed by atoms with Gasteiger partial charge in [0.15, 0.2) is 0 Å². The molecule has 1 fully saturated rings. The molecule has 0 amide bonds. The van der Waals surface area contributed by atoms with E-state index in [-0.39, 0.29) is 24.0 Å². The third kappa shape index (κ3) is 5.99. The summed E-state index contributed by atoms with van der Waals surface area (Å²) in [4.78, 5) is 7.70. The summed E-state index contributed by atoms with van der Waals surface area (Å²) in [5.41, 5.74) is 11.0. The van der Waals surface area contributed by atoms with E-state index in [0.717, 1.165) is 46.0 Å². The highest BCUT2D eigenvalue weighted by atomic mass is 32.2. The van der Waals surface area contributed by atoms with Crippen molar-refractivity contribution in [1.29, 1.82) is 0 Å². The Hall–Kier alpha value is -2.50. The molecule has 4 N–H and O–H groups in total. The van der Waals surface area contributed by atoms with Gasteiger partial charge in [-0.2, -0.15) is 0 Å². The lowest BCUT2D eigenvalue weighted by Crippen LogP contribution is -2.35. The molecule has 0 bridgehead atoms. The summed E-state index contributed by atoms with van der Waals surface area (Å²) >= 11 is 1.60. The molecule has 2 aliphatic rings. The monoisotopic (exact) mass is 542 g/mol. The number of nitrogens with two attached hydrogens (primary N) is 1. The first-order valence-electron chi connectivity index (χ1n) is 12.7. The number of anilines is 1. The van der Waals surface area contributed by atoms with Crippen molar-refractivity contribution in [3.8, 4) is 26.8 Å². The number of nitrogen functional groups attached to an aromatic ring is 1. The van der Waals surface area contributed by atoms with Crippen LogP contribution in [-0.4, -0.2) is 61.0 Å². The summed E-state index contributed by atoms with van der Waals surface area (Å²) in [5.74, 6) is 0.705. The van der Waals surface area contributed by atoms with Crippen LogP contribution >= 0.6 is 11.3 Å². The largest absolute Gasteiger partial charge is 0.489 e. The number of fused-ring (bicyclic) bond motifs is 1. The van der Waals surface area contributed by atoms with Gasteiger partial charge >= 0.3 is 0 Å². The lowest BCUT2D eigenvalue weighted by atomic mass is 10.0. The maximum atomic E-state index is 12.8. The molecule has 8 nitrogen and oxygen atoms in total. The highest BCUT2D eigenvalue weighted by Crippen LogP contribution is 2.41. The fraction of sp³-hybridized carbons (Fsp3) is 0.444. The molecule has 2 heterocycles. The smallest absolute Gasteiger partial charge is 0.213 e. The second kappa shape index (κ2) is 10.7. The molecular weight excluding hydrogens is 508 g/mol. The Morgan fingerprint density at radius 1 is 1.27 bits per heavy atom. The van der Waals surface area contributed by atoms with Gasteiger partial charge < -0.3 is 15.6 Å². The van der Waals surface area contributed by atoms with Crippen LogP contribution < -0.4 is 15.2 Å². The molecule has 1 aromatic heterocycles. The number of nitrogens with zero attached hydrogens (tertiary/aromatic N) is 2. The Morgan fingerprint density at radius 3 is 2.84 bits per heavy atom. The zero-order chi connectivity index (χ0) is 26.2. The standard InChI is InChI=1S/C27H34N4O4S2/c1-17(2)35-25-9-6-18(14-23(25)28)27-29-15-26(36-27)22-5-3-4-21-20(22)7-8-24(21)30-37(33,34)13-12-31-11-10-19(32)16-31/h3-6,9,14-15,17,19,24,30,32H,7-8,10-13,16,28H2,1-2H3/t19-,24-/m0/s1. The van der Waals surface area contributed by atoms with Crippen molar-refractivity contribution in [2.75, 3.05) is 31.1 Å². The minimum atomic E-state index is -3.44. The number of hydrogen-bond acceptors (Lipinski definition) is 8. The average molecular weight is 543 g/mol. The number of hydrogen-bond donors (Lipinski definition) is 3. The predicted octanol–water partition coefficient (Wildman–Crippen LogP) is 3.82. The number of aromatic nitrogens is 1. The number of nitrogens with one attached hydrogen (secondary N) is 1. The Labute approximate surface area is 222 Å². The summed E-state index contributed by atoms with van der Waals surface area (Å²) in [5, 5.41) is 10.6.